The van der Waals surface area contributed by atoms with E-state index in [2.05, 4.69) is 37.4 Å². The highest BCUT2D eigenvalue weighted by Gasteiger charge is 2.48. The number of benzene rings is 1. The first-order valence-corrected chi connectivity index (χ1v) is 14.0. The lowest BCUT2D eigenvalue weighted by Crippen LogP contribution is -2.48. The van der Waals surface area contributed by atoms with Gasteiger partial charge in [0.1, 0.15) is 5.69 Å². The zero-order valence-electron chi connectivity index (χ0n) is 24.0. The lowest BCUT2D eigenvalue weighted by atomic mass is 10.1. The maximum absolute atomic E-state index is 15.0. The molecule has 13 heteroatoms. The third-order valence-corrected chi connectivity index (χ3v) is 8.21. The molecule has 11 nitrogen and oxygen atoms in total. The van der Waals surface area contributed by atoms with Crippen LogP contribution in [0, 0.1) is 0 Å². The van der Waals surface area contributed by atoms with Gasteiger partial charge in [-0.15, -0.1) is 0 Å². The summed E-state index contributed by atoms with van der Waals surface area (Å²) in [6.45, 7) is 3.62. The van der Waals surface area contributed by atoms with Gasteiger partial charge in [0.05, 0.1) is 31.1 Å². The van der Waals surface area contributed by atoms with Crippen LogP contribution in [0.5, 0.6) is 5.75 Å². The van der Waals surface area contributed by atoms with E-state index < -0.39 is 18.4 Å². The van der Waals surface area contributed by atoms with Crippen LogP contribution in [0.3, 0.4) is 0 Å². The summed E-state index contributed by atoms with van der Waals surface area (Å²) in [5.41, 5.74) is 1.97. The number of amides is 2. The second-order valence-electron chi connectivity index (χ2n) is 11.0. The van der Waals surface area contributed by atoms with Gasteiger partial charge < -0.3 is 30.1 Å². The molecule has 2 amide bonds. The molecule has 0 bridgehead atoms. The number of hydrogen-bond acceptors (Lipinski definition) is 9. The maximum atomic E-state index is 15.0. The Morgan fingerprint density at radius 1 is 1.15 bits per heavy atom. The number of halogens is 2. The SMILES string of the molecule is CNC(=O)c1cc(CN2CCN(C)CC2)cc(Nc2ncc3c(n2)N(C2CCCC2)CC(F)(F)C(=O)N3C)c1OC. The van der Waals surface area contributed by atoms with E-state index in [-0.39, 0.29) is 29.4 Å². The molecule has 1 saturated heterocycles. The van der Waals surface area contributed by atoms with Crippen molar-refractivity contribution in [1.82, 2.24) is 25.1 Å². The van der Waals surface area contributed by atoms with E-state index in [1.165, 1.54) is 20.4 Å². The predicted octanol–water partition coefficient (Wildman–Crippen LogP) is 2.70. The van der Waals surface area contributed by atoms with Gasteiger partial charge in [-0.2, -0.15) is 13.8 Å². The first-order valence-electron chi connectivity index (χ1n) is 14.0. The highest BCUT2D eigenvalue weighted by molar-refractivity contribution is 6.02. The van der Waals surface area contributed by atoms with Gasteiger partial charge in [-0.05, 0) is 37.6 Å². The molecule has 0 unspecified atom stereocenters. The van der Waals surface area contributed by atoms with Gasteiger partial charge in [-0.3, -0.25) is 14.5 Å². The average Bonchev–Trinajstić information content (AvgIpc) is 3.48. The van der Waals surface area contributed by atoms with Gasteiger partial charge in [0.2, 0.25) is 5.95 Å². The van der Waals surface area contributed by atoms with Crippen molar-refractivity contribution in [3.05, 3.63) is 29.5 Å². The standard InChI is InChI=1S/C28H38F2N8O3/c1-31-25(39)20-13-18(16-37-11-9-35(2)10-12-37)14-21(23(20)41-4)33-27-32-15-22-24(34-27)38(19-7-5-6-8-19)17-28(29,30)26(40)36(22)3/h13-15,19H,5-12,16-17H2,1-4H3,(H,31,39)(H,32,33,34). The average molecular weight is 573 g/mol. The quantitative estimate of drug-likeness (QED) is 0.518. The van der Waals surface area contributed by atoms with Crippen molar-refractivity contribution in [2.24, 2.45) is 0 Å². The first-order chi connectivity index (χ1) is 19.6. The van der Waals surface area contributed by atoms with Crippen LogP contribution in [0.2, 0.25) is 0 Å². The molecule has 1 aromatic carbocycles. The zero-order chi connectivity index (χ0) is 29.3. The molecule has 0 radical (unpaired) electrons. The van der Waals surface area contributed by atoms with Gasteiger partial charge in [-0.1, -0.05) is 12.8 Å². The summed E-state index contributed by atoms with van der Waals surface area (Å²) in [4.78, 5) is 41.6. The van der Waals surface area contributed by atoms with Gasteiger partial charge in [0, 0.05) is 52.9 Å². The topological polar surface area (TPSA) is 106 Å². The number of ether oxygens (including phenoxy) is 1. The number of alkyl halides is 2. The number of nitrogens with zero attached hydrogens (tertiary/aromatic N) is 6. The Morgan fingerprint density at radius 3 is 2.51 bits per heavy atom. The minimum atomic E-state index is -3.56. The summed E-state index contributed by atoms with van der Waals surface area (Å²) in [5, 5.41) is 5.86. The van der Waals surface area contributed by atoms with Crippen molar-refractivity contribution < 1.29 is 23.1 Å². The number of likely N-dealkylation sites (N-methyl/N-ethyl adjacent to an activating group) is 1. The van der Waals surface area contributed by atoms with E-state index in [1.54, 1.807) is 11.9 Å². The summed E-state index contributed by atoms with van der Waals surface area (Å²) in [6.07, 6.45) is 4.76. The second kappa shape index (κ2) is 11.7. The third kappa shape index (κ3) is 5.91. The molecule has 2 fully saturated rings. The molecule has 41 heavy (non-hydrogen) atoms. The number of aromatic nitrogens is 2. The van der Waals surface area contributed by atoms with E-state index in [9.17, 15) is 18.4 Å². The fourth-order valence-electron chi connectivity index (χ4n) is 5.88. The Hall–Kier alpha value is -3.58. The molecule has 1 aromatic heterocycles. The first kappa shape index (κ1) is 28.9. The Kier molecular flexibility index (Phi) is 8.28. The molecule has 1 aliphatic carbocycles. The number of rotatable bonds is 7. The van der Waals surface area contributed by atoms with Gasteiger partial charge in [0.15, 0.2) is 11.6 Å². The molecule has 5 rings (SSSR count). The van der Waals surface area contributed by atoms with E-state index in [4.69, 9.17) is 4.74 Å². The van der Waals surface area contributed by atoms with E-state index >= 15 is 0 Å². The molecule has 3 aliphatic rings. The Bertz CT molecular complexity index is 1300. The summed E-state index contributed by atoms with van der Waals surface area (Å²) >= 11 is 0. The number of carbonyl (C=O) groups is 2. The summed E-state index contributed by atoms with van der Waals surface area (Å²) in [6, 6.07) is 3.57. The fraction of sp³-hybridized carbons (Fsp3) is 0.571. The van der Waals surface area contributed by atoms with Crippen LogP contribution in [0.15, 0.2) is 18.3 Å². The monoisotopic (exact) mass is 572 g/mol. The maximum Gasteiger partial charge on any atom is 0.342 e. The van der Waals surface area contributed by atoms with Crippen LogP contribution in [0.4, 0.5) is 31.9 Å². The van der Waals surface area contributed by atoms with Crippen molar-refractivity contribution in [1.29, 1.82) is 0 Å². The smallest absolute Gasteiger partial charge is 0.342 e. The Morgan fingerprint density at radius 2 is 1.85 bits per heavy atom. The predicted molar refractivity (Wildman–Crippen MR) is 152 cm³/mol. The minimum absolute atomic E-state index is 0.149. The van der Waals surface area contributed by atoms with Gasteiger partial charge in [0.25, 0.3) is 11.8 Å². The van der Waals surface area contributed by atoms with Crippen molar-refractivity contribution in [3.8, 4) is 5.75 Å². The number of nitrogens with one attached hydrogen (secondary N) is 2. The number of piperazine rings is 1. The van der Waals surface area contributed by atoms with Crippen LogP contribution >= 0.6 is 0 Å². The highest BCUT2D eigenvalue weighted by Crippen LogP contribution is 2.40. The second-order valence-corrected chi connectivity index (χ2v) is 11.0. The third-order valence-electron chi connectivity index (χ3n) is 8.21. The van der Waals surface area contributed by atoms with E-state index in [0.717, 1.165) is 62.3 Å². The van der Waals surface area contributed by atoms with Crippen LogP contribution in [0.1, 0.15) is 41.6 Å². The highest BCUT2D eigenvalue weighted by atomic mass is 19.3. The molecule has 2 aromatic rings. The Labute approximate surface area is 238 Å². The van der Waals surface area contributed by atoms with Crippen LogP contribution in [0.25, 0.3) is 0 Å². The summed E-state index contributed by atoms with van der Waals surface area (Å²) in [7, 11) is 6.46. The number of fused-ring (bicyclic) bond motifs is 1. The molecule has 1 saturated carbocycles. The lowest BCUT2D eigenvalue weighted by Gasteiger charge is -2.32. The fourth-order valence-corrected chi connectivity index (χ4v) is 5.88. The molecule has 2 N–H and O–H groups in total. The van der Waals surface area contributed by atoms with Crippen molar-refractivity contribution in [2.75, 3.05) is 76.1 Å². The van der Waals surface area contributed by atoms with Crippen LogP contribution < -0.4 is 25.2 Å². The van der Waals surface area contributed by atoms with Gasteiger partial charge >= 0.3 is 5.92 Å². The number of carbonyl (C=O) groups excluding carboxylic acids is 2. The largest absolute Gasteiger partial charge is 0.494 e. The normalized spacial score (nSPS) is 20.1. The molecular formula is C28H38F2N8O3. The molecule has 3 heterocycles. The molecule has 2 aliphatic heterocycles. The van der Waals surface area contributed by atoms with Crippen molar-refractivity contribution in [2.45, 2.75) is 44.2 Å². The van der Waals surface area contributed by atoms with Crippen LogP contribution in [-0.2, 0) is 11.3 Å². The molecule has 0 spiro atoms. The number of anilines is 4. The molecule has 222 valence electrons. The lowest BCUT2D eigenvalue weighted by molar-refractivity contribution is -0.140. The van der Waals surface area contributed by atoms with Gasteiger partial charge in [-0.25, -0.2) is 4.98 Å². The molecular weight excluding hydrogens is 534 g/mol. The number of methoxy groups -OCH3 is 1. The molecule has 0 atom stereocenters. The Balaban J connectivity index is 1.53. The minimum Gasteiger partial charge on any atom is -0.494 e. The number of hydrogen-bond donors (Lipinski definition) is 2. The summed E-state index contributed by atoms with van der Waals surface area (Å²) in [5.74, 6) is -4.40. The van der Waals surface area contributed by atoms with Crippen LogP contribution in [-0.4, -0.2) is 105 Å². The summed E-state index contributed by atoms with van der Waals surface area (Å²) < 4.78 is 35.6. The van der Waals surface area contributed by atoms with Crippen molar-refractivity contribution in [3.63, 3.8) is 0 Å². The van der Waals surface area contributed by atoms with Crippen molar-refractivity contribution >= 4 is 35.0 Å². The van der Waals surface area contributed by atoms with E-state index in [0.29, 0.717) is 23.5 Å². The van der Waals surface area contributed by atoms with E-state index in [1.807, 2.05) is 12.1 Å². The zero-order valence-corrected chi connectivity index (χ0v) is 24.0.